The zero-order valence-electron chi connectivity index (χ0n) is 11.8. The smallest absolute Gasteiger partial charge is 0.341 e. The summed E-state index contributed by atoms with van der Waals surface area (Å²) in [7, 11) is 1.58. The first-order valence-electron chi connectivity index (χ1n) is 6.43. The summed E-state index contributed by atoms with van der Waals surface area (Å²) >= 11 is 0. The highest BCUT2D eigenvalue weighted by Gasteiger charge is 2.03. The van der Waals surface area contributed by atoms with Crippen molar-refractivity contribution in [3.8, 4) is 5.75 Å². The lowest BCUT2D eigenvalue weighted by Gasteiger charge is -2.07. The van der Waals surface area contributed by atoms with Crippen LogP contribution in [0, 0.1) is 0 Å². The molecule has 0 saturated carbocycles. The van der Waals surface area contributed by atoms with Crippen LogP contribution in [0.25, 0.3) is 0 Å². The molecule has 0 saturated heterocycles. The van der Waals surface area contributed by atoms with E-state index in [0.717, 1.165) is 0 Å². The van der Waals surface area contributed by atoms with Crippen LogP contribution in [0.3, 0.4) is 0 Å². The van der Waals surface area contributed by atoms with Crippen molar-refractivity contribution in [2.24, 2.45) is 0 Å². The van der Waals surface area contributed by atoms with E-state index in [1.54, 1.807) is 31.4 Å². The van der Waals surface area contributed by atoms with Gasteiger partial charge in [-0.05, 0) is 24.3 Å². The van der Waals surface area contributed by atoms with Crippen molar-refractivity contribution < 1.29 is 28.9 Å². The van der Waals surface area contributed by atoms with Crippen LogP contribution in [0.4, 0.5) is 5.69 Å². The molecule has 0 heterocycles. The summed E-state index contributed by atoms with van der Waals surface area (Å²) < 4.78 is 15.0. The van der Waals surface area contributed by atoms with Crippen molar-refractivity contribution >= 4 is 17.6 Å². The van der Waals surface area contributed by atoms with Crippen LogP contribution in [-0.2, 0) is 19.1 Å². The molecule has 0 fully saturated rings. The Kier molecular flexibility index (Phi) is 7.85. The monoisotopic (exact) mass is 297 g/mol. The van der Waals surface area contributed by atoms with Crippen LogP contribution >= 0.6 is 0 Å². The van der Waals surface area contributed by atoms with Gasteiger partial charge in [-0.2, -0.15) is 0 Å². The SMILES string of the molecule is COCCOCCC(=O)Nc1ccc(OCC(=O)O)cc1. The molecule has 0 unspecified atom stereocenters. The number of ether oxygens (including phenoxy) is 3. The lowest BCUT2D eigenvalue weighted by Crippen LogP contribution is -2.15. The van der Waals surface area contributed by atoms with Crippen molar-refractivity contribution in [2.45, 2.75) is 6.42 Å². The topological polar surface area (TPSA) is 94.1 Å². The first kappa shape index (κ1) is 16.9. The Bertz CT molecular complexity index is 445. The third kappa shape index (κ3) is 7.91. The number of hydrogen-bond donors (Lipinski definition) is 2. The summed E-state index contributed by atoms with van der Waals surface area (Å²) in [5.41, 5.74) is 0.611. The van der Waals surface area contributed by atoms with Crippen LogP contribution in [0.15, 0.2) is 24.3 Å². The Hall–Kier alpha value is -2.12. The van der Waals surface area contributed by atoms with E-state index < -0.39 is 12.6 Å². The number of anilines is 1. The molecule has 0 spiro atoms. The minimum atomic E-state index is -1.04. The molecule has 0 aromatic heterocycles. The molecule has 0 bridgehead atoms. The summed E-state index contributed by atoms with van der Waals surface area (Å²) in [6, 6.07) is 6.46. The van der Waals surface area contributed by atoms with E-state index in [1.807, 2.05) is 0 Å². The largest absolute Gasteiger partial charge is 0.482 e. The van der Waals surface area contributed by atoms with Crippen molar-refractivity contribution in [1.29, 1.82) is 0 Å². The van der Waals surface area contributed by atoms with Crippen LogP contribution < -0.4 is 10.1 Å². The van der Waals surface area contributed by atoms with E-state index >= 15 is 0 Å². The Balaban J connectivity index is 2.27. The highest BCUT2D eigenvalue weighted by Crippen LogP contribution is 2.15. The van der Waals surface area contributed by atoms with Crippen LogP contribution in [0.1, 0.15) is 6.42 Å². The molecule has 1 rings (SSSR count). The molecule has 116 valence electrons. The quantitative estimate of drug-likeness (QED) is 0.629. The fraction of sp³-hybridized carbons (Fsp3) is 0.429. The van der Waals surface area contributed by atoms with Gasteiger partial charge in [-0.25, -0.2) is 4.79 Å². The predicted octanol–water partition coefficient (Wildman–Crippen LogP) is 1.14. The molecule has 0 atom stereocenters. The second-order valence-electron chi connectivity index (χ2n) is 4.11. The minimum absolute atomic E-state index is 0.161. The van der Waals surface area contributed by atoms with Crippen molar-refractivity contribution in [3.63, 3.8) is 0 Å². The van der Waals surface area contributed by atoms with E-state index in [9.17, 15) is 9.59 Å². The Morgan fingerprint density at radius 3 is 2.48 bits per heavy atom. The van der Waals surface area contributed by atoms with E-state index in [1.165, 1.54) is 0 Å². The number of nitrogens with one attached hydrogen (secondary N) is 1. The highest BCUT2D eigenvalue weighted by molar-refractivity contribution is 5.90. The Labute approximate surface area is 122 Å². The summed E-state index contributed by atoms with van der Waals surface area (Å²) in [6.45, 7) is 0.887. The molecular weight excluding hydrogens is 278 g/mol. The molecule has 2 N–H and O–H groups in total. The molecule has 7 heteroatoms. The number of benzene rings is 1. The summed E-state index contributed by atoms with van der Waals surface area (Å²) in [5.74, 6) is -0.772. The van der Waals surface area contributed by atoms with Gasteiger partial charge in [0.25, 0.3) is 0 Å². The fourth-order valence-corrected chi connectivity index (χ4v) is 1.41. The molecule has 7 nitrogen and oxygen atoms in total. The van der Waals surface area contributed by atoms with Crippen molar-refractivity contribution in [2.75, 3.05) is 38.9 Å². The molecule has 0 aliphatic heterocycles. The predicted molar refractivity (Wildman–Crippen MR) is 75.5 cm³/mol. The summed E-state index contributed by atoms with van der Waals surface area (Å²) in [6.07, 6.45) is 0.251. The fourth-order valence-electron chi connectivity index (χ4n) is 1.41. The number of hydrogen-bond acceptors (Lipinski definition) is 5. The van der Waals surface area contributed by atoms with Gasteiger partial charge in [-0.1, -0.05) is 0 Å². The van der Waals surface area contributed by atoms with Gasteiger partial charge in [0.15, 0.2) is 6.61 Å². The maximum Gasteiger partial charge on any atom is 0.341 e. The lowest BCUT2D eigenvalue weighted by molar-refractivity contribution is -0.139. The standard InChI is InChI=1S/C14H19NO6/c1-19-8-9-20-7-6-13(16)15-11-2-4-12(5-3-11)21-10-14(17)18/h2-5H,6-10H2,1H3,(H,15,16)(H,17,18). The first-order valence-corrected chi connectivity index (χ1v) is 6.43. The van der Waals surface area contributed by atoms with Gasteiger partial charge in [0, 0.05) is 12.8 Å². The third-order valence-electron chi connectivity index (χ3n) is 2.41. The number of aliphatic carboxylic acids is 1. The summed E-state index contributed by atoms with van der Waals surface area (Å²) in [4.78, 5) is 22.0. The van der Waals surface area contributed by atoms with E-state index in [4.69, 9.17) is 19.3 Å². The number of carbonyl (C=O) groups excluding carboxylic acids is 1. The Morgan fingerprint density at radius 1 is 1.14 bits per heavy atom. The maximum absolute atomic E-state index is 11.6. The molecule has 0 aliphatic carbocycles. The molecular formula is C14H19NO6. The van der Waals surface area contributed by atoms with Crippen LogP contribution in [-0.4, -0.2) is 50.5 Å². The van der Waals surface area contributed by atoms with E-state index in [0.29, 0.717) is 31.3 Å². The number of carboxylic acid groups (broad SMARTS) is 1. The second-order valence-corrected chi connectivity index (χ2v) is 4.11. The molecule has 0 radical (unpaired) electrons. The maximum atomic E-state index is 11.6. The zero-order valence-corrected chi connectivity index (χ0v) is 11.8. The van der Waals surface area contributed by atoms with Gasteiger partial charge in [-0.15, -0.1) is 0 Å². The molecule has 1 aromatic rings. The molecule has 1 amide bonds. The number of carbonyl (C=O) groups is 2. The van der Waals surface area contributed by atoms with Crippen LogP contribution in [0.2, 0.25) is 0 Å². The minimum Gasteiger partial charge on any atom is -0.482 e. The van der Waals surface area contributed by atoms with Crippen LogP contribution in [0.5, 0.6) is 5.75 Å². The average Bonchev–Trinajstić information content (AvgIpc) is 2.46. The molecule has 0 aliphatic rings. The lowest BCUT2D eigenvalue weighted by atomic mass is 10.3. The molecule has 1 aromatic carbocycles. The average molecular weight is 297 g/mol. The number of amides is 1. The van der Waals surface area contributed by atoms with Crippen molar-refractivity contribution in [3.05, 3.63) is 24.3 Å². The van der Waals surface area contributed by atoms with Gasteiger partial charge < -0.3 is 24.6 Å². The highest BCUT2D eigenvalue weighted by atomic mass is 16.5. The van der Waals surface area contributed by atoms with Crippen molar-refractivity contribution in [1.82, 2.24) is 0 Å². The summed E-state index contributed by atoms with van der Waals surface area (Å²) in [5, 5.41) is 11.2. The first-order chi connectivity index (χ1) is 10.1. The number of carboxylic acids is 1. The van der Waals surface area contributed by atoms with Gasteiger partial charge >= 0.3 is 5.97 Å². The van der Waals surface area contributed by atoms with E-state index in [2.05, 4.69) is 5.32 Å². The Morgan fingerprint density at radius 2 is 1.86 bits per heavy atom. The van der Waals surface area contributed by atoms with Gasteiger partial charge in [0.2, 0.25) is 5.91 Å². The number of methoxy groups -OCH3 is 1. The third-order valence-corrected chi connectivity index (χ3v) is 2.41. The zero-order chi connectivity index (χ0) is 15.5. The van der Waals surface area contributed by atoms with Gasteiger partial charge in [0.1, 0.15) is 5.75 Å². The normalized spacial score (nSPS) is 10.1. The second kappa shape index (κ2) is 9.73. The molecule has 21 heavy (non-hydrogen) atoms. The van der Waals surface area contributed by atoms with E-state index in [-0.39, 0.29) is 12.3 Å². The van der Waals surface area contributed by atoms with Gasteiger partial charge in [0.05, 0.1) is 26.2 Å². The van der Waals surface area contributed by atoms with Gasteiger partial charge in [-0.3, -0.25) is 4.79 Å². The number of rotatable bonds is 10.